The maximum atomic E-state index is 11.3. The van der Waals surface area contributed by atoms with Crippen LogP contribution in [0.25, 0.3) is 0 Å². The zero-order valence-electron chi connectivity index (χ0n) is 11.4. The van der Waals surface area contributed by atoms with Gasteiger partial charge in [-0.25, -0.2) is 4.79 Å². The van der Waals surface area contributed by atoms with Gasteiger partial charge in [-0.15, -0.1) is 0 Å². The Morgan fingerprint density at radius 1 is 1.20 bits per heavy atom. The molecule has 0 aliphatic rings. The summed E-state index contributed by atoms with van der Waals surface area (Å²) >= 11 is 3.51. The third-order valence-electron chi connectivity index (χ3n) is 3.04. The molecule has 104 valence electrons. The summed E-state index contributed by atoms with van der Waals surface area (Å²) < 4.78 is 5.76. The molecule has 0 aliphatic carbocycles. The fourth-order valence-electron chi connectivity index (χ4n) is 1.78. The Labute approximate surface area is 127 Å². The van der Waals surface area contributed by atoms with E-state index in [1.54, 1.807) is 12.1 Å². The molecule has 0 fully saturated rings. The van der Waals surface area contributed by atoms with Crippen molar-refractivity contribution >= 4 is 27.6 Å². The van der Waals surface area contributed by atoms with E-state index in [4.69, 9.17) is 0 Å². The lowest BCUT2D eigenvalue weighted by molar-refractivity contribution is 0.0600. The van der Waals surface area contributed by atoms with Crippen molar-refractivity contribution in [2.45, 2.75) is 13.5 Å². The summed E-state index contributed by atoms with van der Waals surface area (Å²) in [5, 5.41) is 3.35. The molecule has 0 heterocycles. The smallest absolute Gasteiger partial charge is 0.337 e. The molecule has 2 rings (SSSR count). The number of esters is 1. The lowest BCUT2D eigenvalue weighted by Crippen LogP contribution is -2.03. The molecule has 0 amide bonds. The summed E-state index contributed by atoms with van der Waals surface area (Å²) in [6.45, 7) is 2.76. The predicted molar refractivity (Wildman–Crippen MR) is 84.0 cm³/mol. The quantitative estimate of drug-likeness (QED) is 0.854. The first-order valence-corrected chi connectivity index (χ1v) is 7.06. The topological polar surface area (TPSA) is 38.3 Å². The van der Waals surface area contributed by atoms with Crippen molar-refractivity contribution in [3.63, 3.8) is 0 Å². The Kier molecular flexibility index (Phi) is 4.79. The number of aryl methyl sites for hydroxylation is 1. The highest BCUT2D eigenvalue weighted by Gasteiger charge is 2.04. The molecule has 0 atom stereocenters. The monoisotopic (exact) mass is 333 g/mol. The van der Waals surface area contributed by atoms with E-state index >= 15 is 0 Å². The number of anilines is 1. The Morgan fingerprint density at radius 3 is 2.50 bits per heavy atom. The average Bonchev–Trinajstić information content (AvgIpc) is 2.48. The number of hydrogen-bond acceptors (Lipinski definition) is 3. The highest BCUT2D eigenvalue weighted by atomic mass is 79.9. The lowest BCUT2D eigenvalue weighted by Gasteiger charge is -2.08. The first kappa shape index (κ1) is 14.6. The van der Waals surface area contributed by atoms with Crippen LogP contribution in [0.2, 0.25) is 0 Å². The van der Waals surface area contributed by atoms with Crippen LogP contribution in [-0.4, -0.2) is 13.1 Å². The van der Waals surface area contributed by atoms with Gasteiger partial charge in [0.25, 0.3) is 0 Å². The molecule has 1 N–H and O–H groups in total. The summed E-state index contributed by atoms with van der Waals surface area (Å²) in [5.74, 6) is -0.313. The maximum Gasteiger partial charge on any atom is 0.337 e. The van der Waals surface area contributed by atoms with Gasteiger partial charge in [0, 0.05) is 16.7 Å². The maximum absolute atomic E-state index is 11.3. The average molecular weight is 334 g/mol. The molecule has 0 unspecified atom stereocenters. The summed E-state index contributed by atoms with van der Waals surface area (Å²) in [5.41, 5.74) is 3.93. The summed E-state index contributed by atoms with van der Waals surface area (Å²) in [6.07, 6.45) is 0. The number of benzene rings is 2. The summed E-state index contributed by atoms with van der Waals surface area (Å²) in [4.78, 5) is 11.3. The molecule has 0 saturated heterocycles. The second-order valence-corrected chi connectivity index (χ2v) is 5.36. The first-order valence-electron chi connectivity index (χ1n) is 6.27. The lowest BCUT2D eigenvalue weighted by atomic mass is 10.1. The van der Waals surface area contributed by atoms with E-state index in [1.165, 1.54) is 12.7 Å². The number of rotatable bonds is 4. The van der Waals surface area contributed by atoms with Crippen molar-refractivity contribution < 1.29 is 9.53 Å². The highest BCUT2D eigenvalue weighted by Crippen LogP contribution is 2.21. The molecule has 2 aromatic carbocycles. The number of ether oxygens (including phenoxy) is 1. The number of hydrogen-bond donors (Lipinski definition) is 1. The van der Waals surface area contributed by atoms with Crippen LogP contribution in [0, 0.1) is 6.92 Å². The predicted octanol–water partition coefficient (Wildman–Crippen LogP) is 4.16. The Morgan fingerprint density at radius 2 is 1.90 bits per heavy atom. The van der Waals surface area contributed by atoms with Crippen molar-refractivity contribution in [3.05, 3.63) is 63.6 Å². The molecule has 0 saturated carbocycles. The van der Waals surface area contributed by atoms with Crippen molar-refractivity contribution in [1.29, 1.82) is 0 Å². The molecule has 0 spiro atoms. The fourth-order valence-corrected chi connectivity index (χ4v) is 2.16. The Hall–Kier alpha value is -1.81. The third-order valence-corrected chi connectivity index (χ3v) is 3.90. The minimum Gasteiger partial charge on any atom is -0.465 e. The molecule has 0 bridgehead atoms. The van der Waals surface area contributed by atoms with E-state index in [9.17, 15) is 4.79 Å². The Balaban J connectivity index is 2.00. The van der Waals surface area contributed by atoms with Crippen LogP contribution in [-0.2, 0) is 11.3 Å². The van der Waals surface area contributed by atoms with Crippen molar-refractivity contribution in [2.24, 2.45) is 0 Å². The number of nitrogens with one attached hydrogen (secondary N) is 1. The van der Waals surface area contributed by atoms with Gasteiger partial charge in [-0.05, 0) is 42.3 Å². The summed E-state index contributed by atoms with van der Waals surface area (Å²) in [7, 11) is 1.38. The second-order valence-electron chi connectivity index (χ2n) is 4.51. The molecule has 2 aromatic rings. The van der Waals surface area contributed by atoms with Crippen molar-refractivity contribution in [3.8, 4) is 0 Å². The van der Waals surface area contributed by atoms with Gasteiger partial charge in [0.05, 0.1) is 12.7 Å². The van der Waals surface area contributed by atoms with Crippen molar-refractivity contribution in [2.75, 3.05) is 12.4 Å². The van der Waals surface area contributed by atoms with Gasteiger partial charge in [-0.1, -0.05) is 34.1 Å². The van der Waals surface area contributed by atoms with Crippen LogP contribution in [0.5, 0.6) is 0 Å². The van der Waals surface area contributed by atoms with Gasteiger partial charge in [-0.2, -0.15) is 0 Å². The van der Waals surface area contributed by atoms with E-state index in [2.05, 4.69) is 45.0 Å². The van der Waals surface area contributed by atoms with E-state index in [1.807, 2.05) is 18.2 Å². The Bertz CT molecular complexity index is 608. The van der Waals surface area contributed by atoms with E-state index in [-0.39, 0.29) is 5.97 Å². The van der Waals surface area contributed by atoms with Crippen molar-refractivity contribution in [1.82, 2.24) is 0 Å². The molecule has 0 aromatic heterocycles. The molecular formula is C16H16BrNO2. The van der Waals surface area contributed by atoms with Crippen LogP contribution >= 0.6 is 15.9 Å². The van der Waals surface area contributed by atoms with Crippen LogP contribution < -0.4 is 5.32 Å². The normalized spacial score (nSPS) is 10.2. The van der Waals surface area contributed by atoms with Gasteiger partial charge >= 0.3 is 5.97 Å². The van der Waals surface area contributed by atoms with Gasteiger partial charge in [-0.3, -0.25) is 0 Å². The fraction of sp³-hybridized carbons (Fsp3) is 0.188. The van der Waals surface area contributed by atoms with Gasteiger partial charge < -0.3 is 10.1 Å². The van der Waals surface area contributed by atoms with Crippen LogP contribution in [0.3, 0.4) is 0 Å². The van der Waals surface area contributed by atoms with Crippen LogP contribution in [0.15, 0.2) is 46.9 Å². The van der Waals surface area contributed by atoms with E-state index < -0.39 is 0 Å². The molecule has 3 nitrogen and oxygen atoms in total. The number of halogens is 1. The molecule has 20 heavy (non-hydrogen) atoms. The minimum absolute atomic E-state index is 0.313. The standard InChI is InChI=1S/C16H16BrNO2/c1-11-3-8-14(9-15(11)17)18-10-12-4-6-13(7-5-12)16(19)20-2/h3-9,18H,10H2,1-2H3. The molecule has 0 radical (unpaired) electrons. The first-order chi connectivity index (χ1) is 9.60. The zero-order chi connectivity index (χ0) is 14.5. The van der Waals surface area contributed by atoms with Gasteiger partial charge in [0.15, 0.2) is 0 Å². The number of carbonyl (C=O) groups is 1. The second kappa shape index (κ2) is 6.57. The van der Waals surface area contributed by atoms with E-state index in [0.717, 1.165) is 15.7 Å². The highest BCUT2D eigenvalue weighted by molar-refractivity contribution is 9.10. The van der Waals surface area contributed by atoms with Crippen LogP contribution in [0.4, 0.5) is 5.69 Å². The van der Waals surface area contributed by atoms with Gasteiger partial charge in [0.2, 0.25) is 0 Å². The minimum atomic E-state index is -0.313. The third kappa shape index (κ3) is 3.61. The molecule has 0 aliphatic heterocycles. The number of methoxy groups -OCH3 is 1. The van der Waals surface area contributed by atoms with Gasteiger partial charge in [0.1, 0.15) is 0 Å². The largest absolute Gasteiger partial charge is 0.465 e. The molecular weight excluding hydrogens is 318 g/mol. The zero-order valence-corrected chi connectivity index (χ0v) is 13.0. The summed E-state index contributed by atoms with van der Waals surface area (Å²) in [6, 6.07) is 13.5. The molecule has 4 heteroatoms. The van der Waals surface area contributed by atoms with Crippen LogP contribution in [0.1, 0.15) is 21.5 Å². The number of carbonyl (C=O) groups excluding carboxylic acids is 1. The van der Waals surface area contributed by atoms with E-state index in [0.29, 0.717) is 12.1 Å². The SMILES string of the molecule is COC(=O)c1ccc(CNc2ccc(C)c(Br)c2)cc1.